The van der Waals surface area contributed by atoms with Gasteiger partial charge in [0.1, 0.15) is 0 Å². The Bertz CT molecular complexity index is 361. The molecule has 0 aliphatic heterocycles. The van der Waals surface area contributed by atoms with Gasteiger partial charge in [0, 0.05) is 13.2 Å². The Morgan fingerprint density at radius 1 is 1.44 bits per heavy atom. The fourth-order valence-corrected chi connectivity index (χ4v) is 2.46. The summed E-state index contributed by atoms with van der Waals surface area (Å²) >= 11 is 6.30. The van der Waals surface area contributed by atoms with Gasteiger partial charge in [0.15, 0.2) is 0 Å². The Kier molecular flexibility index (Phi) is 6.12. The molecule has 2 atom stereocenters. The van der Waals surface area contributed by atoms with Gasteiger partial charge in [-0.15, -0.1) is 0 Å². The molecule has 104 valence electrons. The minimum Gasteiger partial charge on any atom is -0.379 e. The number of hydrogen-bond donors (Lipinski definition) is 1. The van der Waals surface area contributed by atoms with Crippen LogP contribution in [-0.4, -0.2) is 29.5 Å². The van der Waals surface area contributed by atoms with Crippen molar-refractivity contribution >= 4 is 11.6 Å². The lowest BCUT2D eigenvalue weighted by molar-refractivity contribution is 0.0624. The van der Waals surface area contributed by atoms with Crippen molar-refractivity contribution in [1.29, 1.82) is 0 Å². The van der Waals surface area contributed by atoms with Crippen molar-refractivity contribution in [3.05, 3.63) is 16.9 Å². The van der Waals surface area contributed by atoms with Crippen molar-refractivity contribution in [2.75, 3.05) is 13.7 Å². The zero-order valence-corrected chi connectivity index (χ0v) is 12.7. The molecular weight excluding hydrogens is 250 g/mol. The first-order chi connectivity index (χ1) is 8.56. The van der Waals surface area contributed by atoms with Gasteiger partial charge in [0.05, 0.1) is 29.1 Å². The lowest BCUT2D eigenvalue weighted by atomic mass is 10.0. The third kappa shape index (κ3) is 3.25. The summed E-state index contributed by atoms with van der Waals surface area (Å²) in [4.78, 5) is 0. The van der Waals surface area contributed by atoms with Crippen molar-refractivity contribution in [3.63, 3.8) is 0 Å². The molecule has 1 aromatic heterocycles. The molecule has 4 nitrogen and oxygen atoms in total. The molecule has 5 heteroatoms. The summed E-state index contributed by atoms with van der Waals surface area (Å²) in [5.74, 6) is 0. The molecule has 0 fully saturated rings. The van der Waals surface area contributed by atoms with E-state index in [2.05, 4.69) is 38.1 Å². The molecule has 0 aromatic carbocycles. The van der Waals surface area contributed by atoms with Gasteiger partial charge in [0.25, 0.3) is 0 Å². The lowest BCUT2D eigenvalue weighted by Crippen LogP contribution is -2.35. The number of nitrogens with one attached hydrogen (secondary N) is 1. The van der Waals surface area contributed by atoms with Crippen LogP contribution >= 0.6 is 11.6 Å². The summed E-state index contributed by atoms with van der Waals surface area (Å²) in [5, 5.41) is 8.51. The van der Waals surface area contributed by atoms with E-state index in [4.69, 9.17) is 16.3 Å². The number of methoxy groups -OCH3 is 1. The Morgan fingerprint density at radius 2 is 2.11 bits per heavy atom. The average molecular weight is 274 g/mol. The van der Waals surface area contributed by atoms with E-state index in [1.54, 1.807) is 13.3 Å². The van der Waals surface area contributed by atoms with Crippen LogP contribution in [0.5, 0.6) is 0 Å². The summed E-state index contributed by atoms with van der Waals surface area (Å²) < 4.78 is 7.54. The normalized spacial score (nSPS) is 15.1. The topological polar surface area (TPSA) is 39.1 Å². The van der Waals surface area contributed by atoms with E-state index in [1.165, 1.54) is 0 Å². The number of ether oxygens (including phenoxy) is 1. The van der Waals surface area contributed by atoms with Crippen molar-refractivity contribution < 1.29 is 4.74 Å². The standard InChI is InChI=1S/C13H24ClN3O/c1-6-11(18-5)12(15-7-2)13-10(14)8-16-17(13)9(3)4/h8-9,11-12,15H,6-7H2,1-5H3. The van der Waals surface area contributed by atoms with Crippen LogP contribution in [0.25, 0.3) is 0 Å². The van der Waals surface area contributed by atoms with Gasteiger partial charge < -0.3 is 10.1 Å². The molecule has 1 heterocycles. The lowest BCUT2D eigenvalue weighted by Gasteiger charge is -2.28. The van der Waals surface area contributed by atoms with Crippen LogP contribution in [0.1, 0.15) is 51.9 Å². The Balaban J connectivity index is 3.15. The van der Waals surface area contributed by atoms with E-state index in [1.807, 2.05) is 4.68 Å². The molecule has 0 saturated carbocycles. The molecule has 1 N–H and O–H groups in total. The molecule has 0 spiro atoms. The van der Waals surface area contributed by atoms with Gasteiger partial charge in [-0.25, -0.2) is 0 Å². The van der Waals surface area contributed by atoms with Gasteiger partial charge in [-0.2, -0.15) is 5.10 Å². The van der Waals surface area contributed by atoms with Crippen LogP contribution in [0.15, 0.2) is 6.20 Å². The maximum Gasteiger partial charge on any atom is 0.0835 e. The van der Waals surface area contributed by atoms with Crippen molar-refractivity contribution in [1.82, 2.24) is 15.1 Å². The van der Waals surface area contributed by atoms with E-state index in [0.29, 0.717) is 5.02 Å². The summed E-state index contributed by atoms with van der Waals surface area (Å²) in [6.07, 6.45) is 2.73. The summed E-state index contributed by atoms with van der Waals surface area (Å²) in [6, 6.07) is 0.352. The highest BCUT2D eigenvalue weighted by Crippen LogP contribution is 2.29. The first-order valence-electron chi connectivity index (χ1n) is 6.55. The Morgan fingerprint density at radius 3 is 2.56 bits per heavy atom. The van der Waals surface area contributed by atoms with E-state index < -0.39 is 0 Å². The second kappa shape index (κ2) is 7.12. The van der Waals surface area contributed by atoms with Crippen LogP contribution in [0.4, 0.5) is 0 Å². The van der Waals surface area contributed by atoms with Crippen LogP contribution in [0, 0.1) is 0 Å². The molecule has 18 heavy (non-hydrogen) atoms. The number of aromatic nitrogens is 2. The molecular formula is C13H24ClN3O. The largest absolute Gasteiger partial charge is 0.379 e. The van der Waals surface area contributed by atoms with Crippen LogP contribution < -0.4 is 5.32 Å². The highest BCUT2D eigenvalue weighted by atomic mass is 35.5. The smallest absolute Gasteiger partial charge is 0.0835 e. The van der Waals surface area contributed by atoms with Crippen LogP contribution in [-0.2, 0) is 4.74 Å². The molecule has 0 radical (unpaired) electrons. The van der Waals surface area contributed by atoms with Crippen molar-refractivity contribution in [2.24, 2.45) is 0 Å². The van der Waals surface area contributed by atoms with E-state index in [0.717, 1.165) is 18.7 Å². The zero-order valence-electron chi connectivity index (χ0n) is 11.9. The minimum absolute atomic E-state index is 0.0717. The third-order valence-electron chi connectivity index (χ3n) is 3.07. The van der Waals surface area contributed by atoms with Gasteiger partial charge in [-0.1, -0.05) is 25.4 Å². The average Bonchev–Trinajstić information content (AvgIpc) is 2.71. The fraction of sp³-hybridized carbons (Fsp3) is 0.769. The predicted molar refractivity (Wildman–Crippen MR) is 75.1 cm³/mol. The zero-order chi connectivity index (χ0) is 13.7. The van der Waals surface area contributed by atoms with E-state index in [-0.39, 0.29) is 18.2 Å². The van der Waals surface area contributed by atoms with E-state index >= 15 is 0 Å². The maximum atomic E-state index is 6.30. The molecule has 0 bridgehead atoms. The number of hydrogen-bond acceptors (Lipinski definition) is 3. The number of halogens is 1. The number of likely N-dealkylation sites (N-methyl/N-ethyl adjacent to an activating group) is 1. The Hall–Kier alpha value is -0.580. The monoisotopic (exact) mass is 273 g/mol. The molecule has 1 aromatic rings. The molecule has 1 rings (SSSR count). The second-order valence-corrected chi connectivity index (χ2v) is 5.04. The quantitative estimate of drug-likeness (QED) is 0.829. The molecule has 0 aliphatic carbocycles. The summed E-state index contributed by atoms with van der Waals surface area (Å²) in [6.45, 7) is 9.26. The van der Waals surface area contributed by atoms with Gasteiger partial charge in [0.2, 0.25) is 0 Å². The number of rotatable bonds is 7. The maximum absolute atomic E-state index is 6.30. The van der Waals surface area contributed by atoms with Gasteiger partial charge in [-0.05, 0) is 26.8 Å². The molecule has 0 saturated heterocycles. The highest BCUT2D eigenvalue weighted by molar-refractivity contribution is 6.31. The van der Waals surface area contributed by atoms with Crippen LogP contribution in [0.3, 0.4) is 0 Å². The molecule has 0 amide bonds. The van der Waals surface area contributed by atoms with Gasteiger partial charge >= 0.3 is 0 Å². The molecule has 2 unspecified atom stereocenters. The first kappa shape index (κ1) is 15.5. The van der Waals surface area contributed by atoms with Crippen molar-refractivity contribution in [2.45, 2.75) is 52.3 Å². The second-order valence-electron chi connectivity index (χ2n) is 4.63. The summed E-state index contributed by atoms with van der Waals surface area (Å²) in [5.41, 5.74) is 1.02. The highest BCUT2D eigenvalue weighted by Gasteiger charge is 2.27. The minimum atomic E-state index is 0.0717. The van der Waals surface area contributed by atoms with Gasteiger partial charge in [-0.3, -0.25) is 4.68 Å². The molecule has 0 aliphatic rings. The SMILES string of the molecule is CCNC(c1c(Cl)cnn1C(C)C)C(CC)OC. The van der Waals surface area contributed by atoms with E-state index in [9.17, 15) is 0 Å². The number of nitrogens with zero attached hydrogens (tertiary/aromatic N) is 2. The van der Waals surface area contributed by atoms with Crippen LogP contribution in [0.2, 0.25) is 5.02 Å². The summed E-state index contributed by atoms with van der Waals surface area (Å²) in [7, 11) is 1.74. The predicted octanol–water partition coefficient (Wildman–Crippen LogP) is 3.19. The fourth-order valence-electron chi connectivity index (χ4n) is 2.22. The first-order valence-corrected chi connectivity index (χ1v) is 6.93. The van der Waals surface area contributed by atoms with Crippen molar-refractivity contribution in [3.8, 4) is 0 Å². The Labute approximate surface area is 115 Å². The third-order valence-corrected chi connectivity index (χ3v) is 3.36.